The second-order valence-corrected chi connectivity index (χ2v) is 2.14. The second kappa shape index (κ2) is 4.91. The molecule has 0 atom stereocenters. The second-order valence-electron chi connectivity index (χ2n) is 2.14. The van der Waals surface area contributed by atoms with Crippen LogP contribution in [0.3, 0.4) is 0 Å². The zero-order valence-electron chi connectivity index (χ0n) is 7.14. The zero-order chi connectivity index (χ0) is 10.4. The molecule has 0 aliphatic heterocycles. The fourth-order valence-electron chi connectivity index (χ4n) is 0.498. The highest BCUT2D eigenvalue weighted by atomic mass is 16.5. The van der Waals surface area contributed by atoms with Crippen molar-refractivity contribution >= 4 is 11.9 Å². The van der Waals surface area contributed by atoms with E-state index in [1.165, 1.54) is 0 Å². The van der Waals surface area contributed by atoms with Crippen molar-refractivity contribution in [1.82, 2.24) is 5.16 Å². The van der Waals surface area contributed by atoms with Gasteiger partial charge in [0.05, 0.1) is 5.69 Å². The Balaban J connectivity index is 0.000000310. The summed E-state index contributed by atoms with van der Waals surface area (Å²) < 4.78 is 4.38. The van der Waals surface area contributed by atoms with Gasteiger partial charge in [-0.3, -0.25) is 4.79 Å². The van der Waals surface area contributed by atoms with E-state index in [0.717, 1.165) is 13.2 Å². The maximum atomic E-state index is 10.2. The average Bonchev–Trinajstić information content (AvgIpc) is 2.33. The summed E-state index contributed by atoms with van der Waals surface area (Å²) in [7, 11) is 0. The fraction of sp³-hybridized carbons (Fsp3) is 0.286. The summed E-state index contributed by atoms with van der Waals surface area (Å²) in [6, 6.07) is 0. The molecule has 1 aromatic heterocycles. The molecule has 0 saturated heterocycles. The summed E-state index contributed by atoms with van der Waals surface area (Å²) in [5.74, 6) is -1.84. The van der Waals surface area contributed by atoms with Crippen molar-refractivity contribution in [2.24, 2.45) is 0 Å². The van der Waals surface area contributed by atoms with Crippen LogP contribution in [0.25, 0.3) is 0 Å². The maximum Gasteiger partial charge on any atom is 0.340 e. The Morgan fingerprint density at radius 2 is 1.92 bits per heavy atom. The van der Waals surface area contributed by atoms with Crippen molar-refractivity contribution in [3.63, 3.8) is 0 Å². The van der Waals surface area contributed by atoms with E-state index in [0.29, 0.717) is 5.69 Å². The average molecular weight is 187 g/mol. The highest BCUT2D eigenvalue weighted by molar-refractivity contribution is 5.88. The van der Waals surface area contributed by atoms with Crippen LogP contribution in [0.15, 0.2) is 10.8 Å². The molecule has 1 rings (SSSR count). The predicted molar refractivity (Wildman–Crippen MR) is 41.5 cm³/mol. The monoisotopic (exact) mass is 187 g/mol. The molecule has 6 nitrogen and oxygen atoms in total. The molecule has 0 aliphatic rings. The third kappa shape index (κ3) is 4.57. The molecule has 0 bridgehead atoms. The van der Waals surface area contributed by atoms with Crippen LogP contribution >= 0.6 is 0 Å². The number of carboxylic acid groups (broad SMARTS) is 2. The Labute approximate surface area is 73.8 Å². The van der Waals surface area contributed by atoms with E-state index < -0.39 is 11.9 Å². The van der Waals surface area contributed by atoms with Crippen LogP contribution in [0.2, 0.25) is 0 Å². The van der Waals surface area contributed by atoms with Gasteiger partial charge in [0.25, 0.3) is 5.97 Å². The molecular weight excluding hydrogens is 178 g/mol. The molecule has 0 radical (unpaired) electrons. The van der Waals surface area contributed by atoms with Crippen LogP contribution in [-0.2, 0) is 4.79 Å². The normalized spacial score (nSPS) is 8.46. The molecule has 0 aromatic carbocycles. The lowest BCUT2D eigenvalue weighted by Crippen LogP contribution is -1.95. The van der Waals surface area contributed by atoms with Crippen molar-refractivity contribution in [1.29, 1.82) is 0 Å². The summed E-state index contributed by atoms with van der Waals surface area (Å²) in [5.41, 5.74) is 0.525. The van der Waals surface area contributed by atoms with Crippen molar-refractivity contribution in [2.45, 2.75) is 13.8 Å². The van der Waals surface area contributed by atoms with Gasteiger partial charge in [-0.2, -0.15) is 0 Å². The summed E-state index contributed by atoms with van der Waals surface area (Å²) >= 11 is 0. The summed E-state index contributed by atoms with van der Waals surface area (Å²) in [6.07, 6.45) is 1.11. The lowest BCUT2D eigenvalue weighted by Gasteiger charge is -1.82. The van der Waals surface area contributed by atoms with Crippen LogP contribution < -0.4 is 0 Å². The van der Waals surface area contributed by atoms with Crippen LogP contribution in [0.1, 0.15) is 23.0 Å². The molecule has 13 heavy (non-hydrogen) atoms. The number of carboxylic acids is 2. The smallest absolute Gasteiger partial charge is 0.340 e. The first-order valence-corrected chi connectivity index (χ1v) is 3.29. The molecule has 0 fully saturated rings. The van der Waals surface area contributed by atoms with Gasteiger partial charge in [0.1, 0.15) is 11.8 Å². The molecule has 2 N–H and O–H groups in total. The standard InChI is InChI=1S/C5H5NO3.C2H4O2/c1-3-4(5(7)8)2-9-6-3;1-2(3)4/h2H,1H3,(H,7,8);1H3,(H,3,4). The molecule has 0 amide bonds. The van der Waals surface area contributed by atoms with Gasteiger partial charge < -0.3 is 14.7 Å². The van der Waals surface area contributed by atoms with E-state index in [2.05, 4.69) is 9.68 Å². The van der Waals surface area contributed by atoms with Gasteiger partial charge >= 0.3 is 5.97 Å². The van der Waals surface area contributed by atoms with Gasteiger partial charge in [0, 0.05) is 6.92 Å². The number of aryl methyl sites for hydroxylation is 1. The number of rotatable bonds is 1. The molecule has 0 unspecified atom stereocenters. The molecule has 1 heterocycles. The number of nitrogens with zero attached hydrogens (tertiary/aromatic N) is 1. The van der Waals surface area contributed by atoms with Gasteiger partial charge in [0.2, 0.25) is 0 Å². The van der Waals surface area contributed by atoms with E-state index in [1.54, 1.807) is 6.92 Å². The van der Waals surface area contributed by atoms with Crippen LogP contribution in [0.5, 0.6) is 0 Å². The minimum atomic E-state index is -1.01. The quantitative estimate of drug-likeness (QED) is 0.673. The maximum absolute atomic E-state index is 10.2. The Kier molecular flexibility index (Phi) is 4.21. The van der Waals surface area contributed by atoms with Gasteiger partial charge in [-0.25, -0.2) is 4.79 Å². The minimum absolute atomic E-state index is 0.120. The highest BCUT2D eigenvalue weighted by Gasteiger charge is 2.08. The minimum Gasteiger partial charge on any atom is -0.481 e. The number of carbonyl (C=O) groups is 2. The summed E-state index contributed by atoms with van der Waals surface area (Å²) in [4.78, 5) is 19.2. The van der Waals surface area contributed by atoms with Crippen LogP contribution in [0, 0.1) is 6.92 Å². The summed E-state index contributed by atoms with van der Waals surface area (Å²) in [6.45, 7) is 2.66. The largest absolute Gasteiger partial charge is 0.481 e. The Hall–Kier alpha value is -1.85. The molecule has 0 spiro atoms. The summed E-state index contributed by atoms with van der Waals surface area (Å²) in [5, 5.41) is 19.2. The molecule has 0 aliphatic carbocycles. The highest BCUT2D eigenvalue weighted by Crippen LogP contribution is 2.02. The SMILES string of the molecule is CC(=O)O.Cc1nocc1C(=O)O. The zero-order valence-corrected chi connectivity index (χ0v) is 7.14. The Morgan fingerprint density at radius 3 is 2.08 bits per heavy atom. The van der Waals surface area contributed by atoms with E-state index >= 15 is 0 Å². The topological polar surface area (TPSA) is 101 Å². The molecule has 0 saturated carbocycles. The van der Waals surface area contributed by atoms with E-state index in [4.69, 9.17) is 15.0 Å². The molecular formula is C7H9NO5. The fourth-order valence-corrected chi connectivity index (χ4v) is 0.498. The first-order chi connectivity index (χ1) is 5.95. The van der Waals surface area contributed by atoms with Gasteiger partial charge in [-0.15, -0.1) is 0 Å². The number of aromatic carboxylic acids is 1. The van der Waals surface area contributed by atoms with Crippen molar-refractivity contribution in [2.75, 3.05) is 0 Å². The van der Waals surface area contributed by atoms with Crippen LogP contribution in [-0.4, -0.2) is 27.3 Å². The number of aliphatic carboxylic acids is 1. The third-order valence-corrected chi connectivity index (χ3v) is 0.980. The number of hydrogen-bond acceptors (Lipinski definition) is 4. The lowest BCUT2D eigenvalue weighted by molar-refractivity contribution is -0.134. The van der Waals surface area contributed by atoms with Gasteiger partial charge in [-0.05, 0) is 6.92 Å². The lowest BCUT2D eigenvalue weighted by atomic mass is 10.3. The predicted octanol–water partition coefficient (Wildman–Crippen LogP) is 0.772. The van der Waals surface area contributed by atoms with E-state index in [-0.39, 0.29) is 5.56 Å². The Bertz CT molecular complexity index is 300. The number of aromatic nitrogens is 1. The van der Waals surface area contributed by atoms with Gasteiger partial charge in [0.15, 0.2) is 0 Å². The molecule has 1 aromatic rings. The van der Waals surface area contributed by atoms with Crippen molar-refractivity contribution in [3.05, 3.63) is 17.5 Å². The van der Waals surface area contributed by atoms with Crippen molar-refractivity contribution in [3.8, 4) is 0 Å². The van der Waals surface area contributed by atoms with Crippen molar-refractivity contribution < 1.29 is 24.3 Å². The van der Waals surface area contributed by atoms with E-state index in [1.807, 2.05) is 0 Å². The van der Waals surface area contributed by atoms with Gasteiger partial charge in [-0.1, -0.05) is 5.16 Å². The van der Waals surface area contributed by atoms with Crippen LogP contribution in [0.4, 0.5) is 0 Å². The number of hydrogen-bond donors (Lipinski definition) is 2. The third-order valence-electron chi connectivity index (χ3n) is 0.980. The van der Waals surface area contributed by atoms with E-state index in [9.17, 15) is 4.79 Å². The Morgan fingerprint density at radius 1 is 1.46 bits per heavy atom. The first kappa shape index (κ1) is 11.2. The molecule has 6 heteroatoms. The molecule has 72 valence electrons. The first-order valence-electron chi connectivity index (χ1n) is 3.29.